The third-order valence-corrected chi connectivity index (χ3v) is 4.70. The average Bonchev–Trinajstić information content (AvgIpc) is 2.63. The summed E-state index contributed by atoms with van der Waals surface area (Å²) < 4.78 is 0. The summed E-state index contributed by atoms with van der Waals surface area (Å²) in [7, 11) is 3.94. The van der Waals surface area contributed by atoms with Gasteiger partial charge in [0.25, 0.3) is 0 Å². The number of benzene rings is 1. The van der Waals surface area contributed by atoms with Gasteiger partial charge in [-0.05, 0) is 50.7 Å². The van der Waals surface area contributed by atoms with Crippen LogP contribution >= 0.6 is 0 Å². The predicted molar refractivity (Wildman–Crippen MR) is 109 cm³/mol. The van der Waals surface area contributed by atoms with Crippen molar-refractivity contribution in [2.45, 2.75) is 26.7 Å². The molecule has 0 aliphatic rings. The third-order valence-electron chi connectivity index (χ3n) is 4.70. The Kier molecular flexibility index (Phi) is 7.21. The minimum atomic E-state index is -0.958. The van der Waals surface area contributed by atoms with Crippen molar-refractivity contribution in [2.24, 2.45) is 0 Å². The molecule has 0 saturated heterocycles. The van der Waals surface area contributed by atoms with Gasteiger partial charge in [0.15, 0.2) is 0 Å². The molecule has 0 bridgehead atoms. The first-order valence-electron chi connectivity index (χ1n) is 9.27. The van der Waals surface area contributed by atoms with Crippen molar-refractivity contribution in [3.05, 3.63) is 30.0 Å². The van der Waals surface area contributed by atoms with Crippen LogP contribution in [-0.4, -0.2) is 61.2 Å². The fraction of sp³-hybridized carbons (Fsp3) is 0.500. The van der Waals surface area contributed by atoms with E-state index in [2.05, 4.69) is 29.0 Å². The summed E-state index contributed by atoms with van der Waals surface area (Å²) in [5, 5.41) is 13.7. The van der Waals surface area contributed by atoms with Gasteiger partial charge in [-0.2, -0.15) is 0 Å². The zero-order valence-electron chi connectivity index (χ0n) is 16.2. The summed E-state index contributed by atoms with van der Waals surface area (Å²) in [5.41, 5.74) is 2.70. The van der Waals surface area contributed by atoms with Crippen molar-refractivity contribution < 1.29 is 9.90 Å². The minimum absolute atomic E-state index is 0.220. The maximum Gasteiger partial charge on any atom is 0.339 e. The van der Waals surface area contributed by atoms with E-state index in [1.165, 1.54) is 6.20 Å². The van der Waals surface area contributed by atoms with Crippen molar-refractivity contribution in [1.29, 1.82) is 0 Å². The molecule has 0 radical (unpaired) electrons. The number of carbonyl (C=O) groups is 1. The number of anilines is 2. The number of rotatable bonds is 10. The van der Waals surface area contributed by atoms with Crippen molar-refractivity contribution >= 4 is 28.2 Å². The van der Waals surface area contributed by atoms with Crippen LogP contribution in [0.4, 0.5) is 11.4 Å². The number of carboxylic acids is 1. The molecule has 0 aliphatic heterocycles. The molecule has 0 spiro atoms. The van der Waals surface area contributed by atoms with Crippen molar-refractivity contribution in [2.75, 3.05) is 50.5 Å². The van der Waals surface area contributed by atoms with Gasteiger partial charge in [-0.3, -0.25) is 4.98 Å². The fourth-order valence-corrected chi connectivity index (χ4v) is 3.02. The van der Waals surface area contributed by atoms with Gasteiger partial charge in [0.2, 0.25) is 0 Å². The molecule has 1 aromatic heterocycles. The number of carboxylic acid groups (broad SMARTS) is 1. The second-order valence-electron chi connectivity index (χ2n) is 6.61. The van der Waals surface area contributed by atoms with Gasteiger partial charge in [-0.1, -0.05) is 13.8 Å². The second kappa shape index (κ2) is 9.38. The summed E-state index contributed by atoms with van der Waals surface area (Å²) >= 11 is 0. The highest BCUT2D eigenvalue weighted by atomic mass is 16.4. The van der Waals surface area contributed by atoms with Crippen LogP contribution in [0.3, 0.4) is 0 Å². The maximum atomic E-state index is 11.6. The molecular weight excluding hydrogens is 328 g/mol. The molecule has 26 heavy (non-hydrogen) atoms. The molecule has 142 valence electrons. The molecule has 0 aliphatic carbocycles. The fourth-order valence-electron chi connectivity index (χ4n) is 3.02. The quantitative estimate of drug-likeness (QED) is 0.633. The van der Waals surface area contributed by atoms with Gasteiger partial charge in [0.05, 0.1) is 11.2 Å². The molecule has 1 aromatic carbocycles. The summed E-state index contributed by atoms with van der Waals surface area (Å²) in [6.45, 7) is 8.29. The van der Waals surface area contributed by atoms with Gasteiger partial charge in [0.1, 0.15) is 5.56 Å². The lowest BCUT2D eigenvalue weighted by molar-refractivity contribution is 0.0697. The molecule has 2 N–H and O–H groups in total. The number of hydrogen-bond donors (Lipinski definition) is 2. The van der Waals surface area contributed by atoms with E-state index in [0.29, 0.717) is 5.69 Å². The highest BCUT2D eigenvalue weighted by Crippen LogP contribution is 2.29. The van der Waals surface area contributed by atoms with Crippen molar-refractivity contribution in [3.8, 4) is 0 Å². The van der Waals surface area contributed by atoms with Crippen LogP contribution in [0, 0.1) is 0 Å². The Labute approximate surface area is 155 Å². The first-order chi connectivity index (χ1) is 12.5. The van der Waals surface area contributed by atoms with Gasteiger partial charge in [-0.15, -0.1) is 0 Å². The van der Waals surface area contributed by atoms with E-state index in [1.54, 1.807) is 0 Å². The second-order valence-corrected chi connectivity index (χ2v) is 6.61. The zero-order valence-corrected chi connectivity index (χ0v) is 16.2. The Hall–Kier alpha value is -2.34. The molecule has 6 nitrogen and oxygen atoms in total. The smallest absolute Gasteiger partial charge is 0.339 e. The highest BCUT2D eigenvalue weighted by Gasteiger charge is 2.15. The SMILES string of the molecule is CCN(CC)CCCCNc1c(C(=O)O)cnc2ccc(N(C)C)cc12. The van der Waals surface area contributed by atoms with Gasteiger partial charge < -0.3 is 20.2 Å². The molecule has 1 heterocycles. The number of nitrogens with one attached hydrogen (secondary N) is 1. The highest BCUT2D eigenvalue weighted by molar-refractivity contribution is 6.05. The Morgan fingerprint density at radius 2 is 1.92 bits per heavy atom. The van der Waals surface area contributed by atoms with Crippen molar-refractivity contribution in [1.82, 2.24) is 9.88 Å². The normalized spacial score (nSPS) is 11.1. The van der Waals surface area contributed by atoms with E-state index in [0.717, 1.165) is 55.6 Å². The number of nitrogens with zero attached hydrogens (tertiary/aromatic N) is 3. The molecular formula is C20H30N4O2. The van der Waals surface area contributed by atoms with E-state index >= 15 is 0 Å². The third kappa shape index (κ3) is 4.85. The largest absolute Gasteiger partial charge is 0.478 e. The lowest BCUT2D eigenvalue weighted by Crippen LogP contribution is -2.24. The Bertz CT molecular complexity index is 742. The van der Waals surface area contributed by atoms with E-state index in [4.69, 9.17) is 0 Å². The van der Waals surface area contributed by atoms with Crippen LogP contribution in [0.2, 0.25) is 0 Å². The lowest BCUT2D eigenvalue weighted by Gasteiger charge is -2.18. The van der Waals surface area contributed by atoms with Crippen molar-refractivity contribution in [3.63, 3.8) is 0 Å². The standard InChI is InChI=1S/C20H30N4O2/c1-5-24(6-2)12-8-7-11-21-19-16-13-15(23(3)4)9-10-18(16)22-14-17(19)20(25)26/h9-10,13-14H,5-8,11-12H2,1-4H3,(H,21,22)(H,25,26). The van der Waals surface area contributed by atoms with Gasteiger partial charge in [-0.25, -0.2) is 4.79 Å². The molecule has 0 unspecified atom stereocenters. The first kappa shape index (κ1) is 20.0. The first-order valence-corrected chi connectivity index (χ1v) is 9.27. The molecule has 0 atom stereocenters. The minimum Gasteiger partial charge on any atom is -0.478 e. The zero-order chi connectivity index (χ0) is 19.1. The van der Waals surface area contributed by atoms with Crippen LogP contribution in [0.5, 0.6) is 0 Å². The van der Waals surface area contributed by atoms with Gasteiger partial charge in [0, 0.05) is 37.9 Å². The number of aromatic nitrogens is 1. The number of pyridine rings is 1. The molecule has 2 aromatic rings. The molecule has 0 saturated carbocycles. The van der Waals surface area contributed by atoms with Crippen LogP contribution < -0.4 is 10.2 Å². The van der Waals surface area contributed by atoms with Crippen LogP contribution in [-0.2, 0) is 0 Å². The summed E-state index contributed by atoms with van der Waals surface area (Å²) in [6, 6.07) is 5.92. The van der Waals surface area contributed by atoms with E-state index in [9.17, 15) is 9.90 Å². The molecule has 6 heteroatoms. The number of hydrogen-bond acceptors (Lipinski definition) is 5. The predicted octanol–water partition coefficient (Wildman–Crippen LogP) is 3.53. The average molecular weight is 358 g/mol. The number of unbranched alkanes of at least 4 members (excludes halogenated alkanes) is 1. The maximum absolute atomic E-state index is 11.6. The van der Waals surface area contributed by atoms with Crippen LogP contribution in [0.15, 0.2) is 24.4 Å². The van der Waals surface area contributed by atoms with Gasteiger partial charge >= 0.3 is 5.97 Å². The molecule has 0 amide bonds. The van der Waals surface area contributed by atoms with E-state index < -0.39 is 5.97 Å². The Balaban J connectivity index is 2.18. The summed E-state index contributed by atoms with van der Waals surface area (Å²) in [5.74, 6) is -0.958. The number of fused-ring (bicyclic) bond motifs is 1. The lowest BCUT2D eigenvalue weighted by atomic mass is 10.1. The Morgan fingerprint density at radius 3 is 2.54 bits per heavy atom. The van der Waals surface area contributed by atoms with Crippen LogP contribution in [0.25, 0.3) is 10.9 Å². The van der Waals surface area contributed by atoms with E-state index in [1.807, 2.05) is 37.2 Å². The van der Waals surface area contributed by atoms with E-state index in [-0.39, 0.29) is 5.56 Å². The summed E-state index contributed by atoms with van der Waals surface area (Å²) in [6.07, 6.45) is 3.52. The van der Waals surface area contributed by atoms with Crippen LogP contribution in [0.1, 0.15) is 37.0 Å². The topological polar surface area (TPSA) is 68.7 Å². The monoisotopic (exact) mass is 358 g/mol. The summed E-state index contributed by atoms with van der Waals surface area (Å²) in [4.78, 5) is 20.3. The molecule has 2 rings (SSSR count). The Morgan fingerprint density at radius 1 is 1.19 bits per heavy atom. The molecule has 0 fully saturated rings. The number of aromatic carboxylic acids is 1.